The minimum Gasteiger partial charge on any atom is -0.493 e. The molecule has 2 atom stereocenters. The molecular weight excluding hydrogens is 322 g/mol. The van der Waals surface area contributed by atoms with E-state index >= 15 is 0 Å². The Morgan fingerprint density at radius 1 is 1.28 bits per heavy atom. The number of carbonyl (C=O) groups excluding carboxylic acids is 1. The normalized spacial score (nSPS) is 25.0. The predicted octanol–water partition coefficient (Wildman–Crippen LogP) is 2.04. The second kappa shape index (κ2) is 6.10. The molecule has 2 fully saturated rings. The first-order valence-electron chi connectivity index (χ1n) is 8.61. The molecule has 1 aromatic carbocycles. The van der Waals surface area contributed by atoms with E-state index in [2.05, 4.69) is 0 Å². The van der Waals surface area contributed by atoms with E-state index in [-0.39, 0.29) is 25.0 Å². The summed E-state index contributed by atoms with van der Waals surface area (Å²) in [6, 6.07) is 5.54. The summed E-state index contributed by atoms with van der Waals surface area (Å²) in [6.07, 6.45) is 3.98. The number of nitrogens with zero attached hydrogens (tertiary/aromatic N) is 1. The summed E-state index contributed by atoms with van der Waals surface area (Å²) in [5, 5.41) is 9.47. The number of carbonyl (C=O) groups is 2. The molecule has 0 radical (unpaired) electrons. The van der Waals surface area contributed by atoms with Crippen LogP contribution in [0.4, 0.5) is 0 Å². The Labute approximate surface area is 146 Å². The van der Waals surface area contributed by atoms with E-state index < -0.39 is 11.9 Å². The fourth-order valence-electron chi connectivity index (χ4n) is 3.93. The van der Waals surface area contributed by atoms with Crippen LogP contribution in [-0.2, 0) is 9.59 Å². The number of aliphatic carboxylic acids is 1. The van der Waals surface area contributed by atoms with Gasteiger partial charge in [-0.2, -0.15) is 0 Å². The fourth-order valence-corrected chi connectivity index (χ4v) is 3.93. The van der Waals surface area contributed by atoms with Crippen molar-refractivity contribution >= 4 is 18.0 Å². The summed E-state index contributed by atoms with van der Waals surface area (Å²) in [5.74, 6) is 0.454. The zero-order chi connectivity index (χ0) is 17.6. The number of carboxylic acids is 1. The third-order valence-electron chi connectivity index (χ3n) is 5.40. The van der Waals surface area contributed by atoms with Crippen LogP contribution in [0, 0.1) is 17.8 Å². The predicted molar refractivity (Wildman–Crippen MR) is 90.4 cm³/mol. The van der Waals surface area contributed by atoms with Crippen molar-refractivity contribution in [2.45, 2.75) is 12.8 Å². The Bertz CT molecular complexity index is 752. The highest BCUT2D eigenvalue weighted by atomic mass is 16.5. The largest absolute Gasteiger partial charge is 0.493 e. The van der Waals surface area contributed by atoms with Crippen LogP contribution in [0.15, 0.2) is 23.8 Å². The van der Waals surface area contributed by atoms with Crippen LogP contribution >= 0.6 is 0 Å². The molecule has 3 aliphatic rings. The van der Waals surface area contributed by atoms with Crippen molar-refractivity contribution in [2.24, 2.45) is 17.8 Å². The number of ether oxygens (including phenoxy) is 2. The number of fused-ring (bicyclic) bond motifs is 1. The summed E-state index contributed by atoms with van der Waals surface area (Å²) in [6.45, 7) is 0.995. The van der Waals surface area contributed by atoms with Crippen LogP contribution in [-0.4, -0.2) is 48.7 Å². The average Bonchev–Trinajstić information content (AvgIpc) is 3.37. The van der Waals surface area contributed by atoms with Gasteiger partial charge in [0.05, 0.1) is 18.6 Å². The van der Waals surface area contributed by atoms with Gasteiger partial charge in [-0.15, -0.1) is 0 Å². The van der Waals surface area contributed by atoms with Crippen molar-refractivity contribution in [3.8, 4) is 11.5 Å². The molecule has 2 heterocycles. The molecule has 4 rings (SSSR count). The standard InChI is InChI=1S/C19H21NO5/c1-24-16-4-2-3-12-7-13(10-25-17(12)16)18(21)20-8-14(11-5-6-11)15(9-20)19(22)23/h2-4,7,11,14-15H,5-6,8-10H2,1H3,(H,22,23)/t14-,15+/m1/s1. The lowest BCUT2D eigenvalue weighted by Gasteiger charge is -2.23. The Hall–Kier alpha value is -2.50. The highest BCUT2D eigenvalue weighted by Gasteiger charge is 2.47. The maximum absolute atomic E-state index is 12.9. The van der Waals surface area contributed by atoms with Crippen LogP contribution in [0.1, 0.15) is 18.4 Å². The number of hydrogen-bond acceptors (Lipinski definition) is 4. The first-order valence-corrected chi connectivity index (χ1v) is 8.61. The number of rotatable bonds is 4. The average molecular weight is 343 g/mol. The molecule has 1 aliphatic carbocycles. The molecule has 132 valence electrons. The molecule has 6 nitrogen and oxygen atoms in total. The van der Waals surface area contributed by atoms with Gasteiger partial charge in [-0.05, 0) is 36.8 Å². The van der Waals surface area contributed by atoms with Crippen molar-refractivity contribution in [1.29, 1.82) is 0 Å². The van der Waals surface area contributed by atoms with E-state index in [0.29, 0.717) is 29.5 Å². The van der Waals surface area contributed by atoms with E-state index in [1.54, 1.807) is 12.0 Å². The van der Waals surface area contributed by atoms with Gasteiger partial charge in [-0.3, -0.25) is 9.59 Å². The number of benzene rings is 1. The SMILES string of the molecule is COc1cccc2c1OCC(C(=O)N1C[C@H](C(=O)O)[C@@H](C3CC3)C1)=C2. The first-order chi connectivity index (χ1) is 12.1. The number of hydrogen-bond donors (Lipinski definition) is 1. The van der Waals surface area contributed by atoms with Gasteiger partial charge >= 0.3 is 5.97 Å². The monoisotopic (exact) mass is 343 g/mol. The number of para-hydroxylation sites is 1. The molecule has 6 heteroatoms. The molecule has 1 saturated heterocycles. The molecule has 1 aromatic rings. The molecule has 2 aliphatic heterocycles. The summed E-state index contributed by atoms with van der Waals surface area (Å²) in [4.78, 5) is 26.1. The summed E-state index contributed by atoms with van der Waals surface area (Å²) in [7, 11) is 1.58. The second-order valence-electron chi connectivity index (χ2n) is 6.99. The summed E-state index contributed by atoms with van der Waals surface area (Å²) >= 11 is 0. The van der Waals surface area contributed by atoms with Crippen molar-refractivity contribution in [2.75, 3.05) is 26.8 Å². The minimum atomic E-state index is -0.795. The highest BCUT2D eigenvalue weighted by Crippen LogP contribution is 2.44. The van der Waals surface area contributed by atoms with E-state index in [1.165, 1.54) is 0 Å². The lowest BCUT2D eigenvalue weighted by Crippen LogP contribution is -2.33. The van der Waals surface area contributed by atoms with Crippen LogP contribution in [0.25, 0.3) is 6.08 Å². The number of likely N-dealkylation sites (tertiary alicyclic amines) is 1. The van der Waals surface area contributed by atoms with Gasteiger partial charge in [0.1, 0.15) is 6.61 Å². The van der Waals surface area contributed by atoms with Crippen molar-refractivity contribution < 1.29 is 24.2 Å². The summed E-state index contributed by atoms with van der Waals surface area (Å²) in [5.41, 5.74) is 1.36. The molecule has 0 aromatic heterocycles. The fraction of sp³-hybridized carbons (Fsp3) is 0.474. The first kappa shape index (κ1) is 16.0. The van der Waals surface area contributed by atoms with E-state index in [9.17, 15) is 14.7 Å². The van der Waals surface area contributed by atoms with Gasteiger partial charge in [-0.1, -0.05) is 12.1 Å². The van der Waals surface area contributed by atoms with Crippen LogP contribution in [0.5, 0.6) is 11.5 Å². The topological polar surface area (TPSA) is 76.1 Å². The van der Waals surface area contributed by atoms with Crippen molar-refractivity contribution in [3.63, 3.8) is 0 Å². The van der Waals surface area contributed by atoms with Gasteiger partial charge in [0.25, 0.3) is 5.91 Å². The van der Waals surface area contributed by atoms with Crippen molar-refractivity contribution in [1.82, 2.24) is 4.90 Å². The quantitative estimate of drug-likeness (QED) is 0.905. The Balaban J connectivity index is 1.55. The maximum Gasteiger partial charge on any atom is 0.308 e. The second-order valence-corrected chi connectivity index (χ2v) is 6.99. The Kier molecular flexibility index (Phi) is 3.90. The third-order valence-corrected chi connectivity index (χ3v) is 5.40. The van der Waals surface area contributed by atoms with Gasteiger partial charge in [0.2, 0.25) is 0 Å². The summed E-state index contributed by atoms with van der Waals surface area (Å²) < 4.78 is 11.0. The lowest BCUT2D eigenvalue weighted by atomic mass is 9.92. The molecule has 1 amide bonds. The van der Waals surface area contributed by atoms with Gasteiger partial charge in [-0.25, -0.2) is 0 Å². The van der Waals surface area contributed by atoms with E-state index in [1.807, 2.05) is 24.3 Å². The van der Waals surface area contributed by atoms with Crippen molar-refractivity contribution in [3.05, 3.63) is 29.3 Å². The van der Waals surface area contributed by atoms with Gasteiger partial charge < -0.3 is 19.5 Å². The maximum atomic E-state index is 12.9. The van der Waals surface area contributed by atoms with Gasteiger partial charge in [0, 0.05) is 18.7 Å². The van der Waals surface area contributed by atoms with Gasteiger partial charge in [0.15, 0.2) is 11.5 Å². The number of methoxy groups -OCH3 is 1. The molecule has 0 spiro atoms. The third kappa shape index (κ3) is 2.86. The highest BCUT2D eigenvalue weighted by molar-refractivity contribution is 5.99. The molecule has 0 bridgehead atoms. The molecule has 25 heavy (non-hydrogen) atoms. The smallest absolute Gasteiger partial charge is 0.308 e. The molecule has 0 unspecified atom stereocenters. The number of carboxylic acid groups (broad SMARTS) is 1. The zero-order valence-electron chi connectivity index (χ0n) is 14.1. The molecule has 1 N–H and O–H groups in total. The van der Waals surface area contributed by atoms with Crippen LogP contribution in [0.2, 0.25) is 0 Å². The Morgan fingerprint density at radius 2 is 2.08 bits per heavy atom. The zero-order valence-corrected chi connectivity index (χ0v) is 14.1. The van der Waals surface area contributed by atoms with Crippen LogP contribution < -0.4 is 9.47 Å². The molecular formula is C19H21NO5. The Morgan fingerprint density at radius 3 is 2.76 bits per heavy atom. The number of amides is 1. The van der Waals surface area contributed by atoms with Crippen LogP contribution in [0.3, 0.4) is 0 Å². The molecule has 1 saturated carbocycles. The van der Waals surface area contributed by atoms with E-state index in [0.717, 1.165) is 18.4 Å². The minimum absolute atomic E-state index is 0.0824. The van der Waals surface area contributed by atoms with E-state index in [4.69, 9.17) is 9.47 Å². The lowest BCUT2D eigenvalue weighted by molar-refractivity contribution is -0.142.